The fraction of sp³-hybridized carbons (Fsp3) is 0.250. The van der Waals surface area contributed by atoms with Gasteiger partial charge in [-0.2, -0.15) is 5.10 Å². The van der Waals surface area contributed by atoms with E-state index in [1.165, 1.54) is 11.8 Å². The molecule has 0 amide bonds. The molecule has 0 saturated heterocycles. The van der Waals surface area contributed by atoms with E-state index >= 15 is 0 Å². The van der Waals surface area contributed by atoms with Crippen molar-refractivity contribution in [1.82, 2.24) is 14.6 Å². The lowest BCUT2D eigenvalue weighted by Crippen LogP contribution is -2.10. The number of rotatable bonds is 5. The maximum atomic E-state index is 13.1. The second-order valence-corrected chi connectivity index (χ2v) is 8.00. The number of hydrogen-bond donors (Lipinski definition) is 1. The summed E-state index contributed by atoms with van der Waals surface area (Å²) in [6, 6.07) is 10.2. The Labute approximate surface area is 145 Å². The zero-order chi connectivity index (χ0) is 17.3. The molecule has 24 heavy (non-hydrogen) atoms. The van der Waals surface area contributed by atoms with Crippen LogP contribution < -0.4 is 5.73 Å². The number of hydrogen-bond acceptors (Lipinski definition) is 6. The van der Waals surface area contributed by atoms with Gasteiger partial charge in [0.25, 0.3) is 0 Å². The zero-order valence-corrected chi connectivity index (χ0v) is 15.1. The largest absolute Gasteiger partial charge is 0.330 e. The number of benzene rings is 1. The summed E-state index contributed by atoms with van der Waals surface area (Å²) in [6.07, 6.45) is 2.40. The molecule has 0 unspecified atom stereocenters. The van der Waals surface area contributed by atoms with Gasteiger partial charge in [0.15, 0.2) is 10.5 Å². The summed E-state index contributed by atoms with van der Waals surface area (Å²) in [4.78, 5) is 4.84. The first-order valence-corrected chi connectivity index (χ1v) is 10.1. The van der Waals surface area contributed by atoms with Crippen molar-refractivity contribution in [2.75, 3.05) is 12.8 Å². The molecule has 0 radical (unpaired) electrons. The Hall–Kier alpha value is -1.90. The molecule has 6 nitrogen and oxygen atoms in total. The molecule has 0 saturated carbocycles. The Morgan fingerprint density at radius 1 is 1.25 bits per heavy atom. The Morgan fingerprint density at radius 3 is 2.58 bits per heavy atom. The molecule has 0 spiro atoms. The first-order chi connectivity index (χ1) is 11.5. The number of thioether (sulfide) groups is 1. The summed E-state index contributed by atoms with van der Waals surface area (Å²) in [5, 5.41) is 4.91. The van der Waals surface area contributed by atoms with Crippen molar-refractivity contribution in [3.63, 3.8) is 0 Å². The van der Waals surface area contributed by atoms with Gasteiger partial charge in [0.05, 0.1) is 4.90 Å². The van der Waals surface area contributed by atoms with Crippen LogP contribution in [0.15, 0.2) is 51.2 Å². The van der Waals surface area contributed by atoms with Gasteiger partial charge in [-0.3, -0.25) is 0 Å². The monoisotopic (exact) mass is 362 g/mol. The topological polar surface area (TPSA) is 90.3 Å². The van der Waals surface area contributed by atoms with E-state index in [4.69, 9.17) is 5.73 Å². The Bertz CT molecular complexity index is 982. The normalized spacial score (nSPS) is 12.0. The van der Waals surface area contributed by atoms with E-state index in [-0.39, 0.29) is 9.79 Å². The van der Waals surface area contributed by atoms with Crippen molar-refractivity contribution >= 4 is 27.2 Å². The van der Waals surface area contributed by atoms with Gasteiger partial charge in [-0.1, -0.05) is 18.2 Å². The van der Waals surface area contributed by atoms with Crippen molar-refractivity contribution in [2.45, 2.75) is 28.2 Å². The average molecular weight is 362 g/mol. The standard InChI is InChI=1S/C16H18N4O2S2/c1-11-10-12(8-9-17)20-15(18-11)14(16(19-20)23-2)24(21,22)13-6-4-3-5-7-13/h3-7,10H,8-9,17H2,1-2H3. The van der Waals surface area contributed by atoms with Crippen molar-refractivity contribution < 1.29 is 8.42 Å². The number of nitrogens with zero attached hydrogens (tertiary/aromatic N) is 3. The van der Waals surface area contributed by atoms with Crippen LogP contribution in [0.3, 0.4) is 0 Å². The Morgan fingerprint density at radius 2 is 1.96 bits per heavy atom. The molecule has 2 heterocycles. The number of aryl methyl sites for hydroxylation is 1. The SMILES string of the molecule is CSc1nn2c(CCN)cc(C)nc2c1S(=O)(=O)c1ccccc1. The van der Waals surface area contributed by atoms with Crippen LogP contribution in [0.5, 0.6) is 0 Å². The van der Waals surface area contributed by atoms with Crippen molar-refractivity contribution in [2.24, 2.45) is 5.73 Å². The minimum absolute atomic E-state index is 0.156. The first kappa shape index (κ1) is 16.9. The summed E-state index contributed by atoms with van der Waals surface area (Å²) in [7, 11) is -3.71. The van der Waals surface area contributed by atoms with Gasteiger partial charge >= 0.3 is 0 Å². The van der Waals surface area contributed by atoms with Crippen molar-refractivity contribution in [3.05, 3.63) is 47.8 Å². The fourth-order valence-electron chi connectivity index (χ4n) is 2.59. The van der Waals surface area contributed by atoms with Gasteiger partial charge in [-0.25, -0.2) is 17.9 Å². The summed E-state index contributed by atoms with van der Waals surface area (Å²) in [5.74, 6) is 0. The molecule has 0 atom stereocenters. The number of nitrogens with two attached hydrogens (primary N) is 1. The van der Waals surface area contributed by atoms with Crippen LogP contribution in [0.1, 0.15) is 11.4 Å². The van der Waals surface area contributed by atoms with Crippen LogP contribution in [0.4, 0.5) is 0 Å². The smallest absolute Gasteiger partial charge is 0.213 e. The van der Waals surface area contributed by atoms with Gasteiger partial charge in [0.1, 0.15) is 5.03 Å². The van der Waals surface area contributed by atoms with E-state index in [0.29, 0.717) is 23.6 Å². The molecular formula is C16H18N4O2S2. The predicted molar refractivity (Wildman–Crippen MR) is 94.2 cm³/mol. The molecule has 1 aromatic carbocycles. The van der Waals surface area contributed by atoms with E-state index < -0.39 is 9.84 Å². The minimum Gasteiger partial charge on any atom is -0.330 e. The summed E-state index contributed by atoms with van der Waals surface area (Å²) in [5.41, 5.74) is 7.61. The highest BCUT2D eigenvalue weighted by molar-refractivity contribution is 7.99. The molecule has 0 fully saturated rings. The Balaban J connectivity index is 2.35. The number of sulfone groups is 1. The molecule has 8 heteroatoms. The van der Waals surface area contributed by atoms with Crippen LogP contribution in [0.25, 0.3) is 5.65 Å². The van der Waals surface area contributed by atoms with Crippen LogP contribution in [-0.2, 0) is 16.3 Å². The summed E-state index contributed by atoms with van der Waals surface area (Å²) >= 11 is 1.29. The first-order valence-electron chi connectivity index (χ1n) is 7.42. The second kappa shape index (κ2) is 6.54. The molecule has 126 valence electrons. The van der Waals surface area contributed by atoms with Crippen molar-refractivity contribution in [3.8, 4) is 0 Å². The molecule has 3 rings (SSSR count). The van der Waals surface area contributed by atoms with Crippen molar-refractivity contribution in [1.29, 1.82) is 0 Å². The van der Waals surface area contributed by atoms with Gasteiger partial charge in [0, 0.05) is 17.8 Å². The maximum Gasteiger partial charge on any atom is 0.213 e. The van der Waals surface area contributed by atoms with Crippen LogP contribution in [0.2, 0.25) is 0 Å². The molecule has 0 aliphatic heterocycles. The van der Waals surface area contributed by atoms with E-state index in [2.05, 4.69) is 10.1 Å². The van der Waals surface area contributed by atoms with E-state index in [9.17, 15) is 8.42 Å². The second-order valence-electron chi connectivity index (χ2n) is 5.32. The van der Waals surface area contributed by atoms with Gasteiger partial charge in [-0.05, 0) is 37.9 Å². The zero-order valence-electron chi connectivity index (χ0n) is 13.4. The third-order valence-corrected chi connectivity index (χ3v) is 6.24. The third-order valence-electron chi connectivity index (χ3n) is 3.63. The predicted octanol–water partition coefficient (Wildman–Crippen LogP) is 2.09. The molecule has 2 aromatic heterocycles. The highest BCUT2D eigenvalue weighted by atomic mass is 32.2. The number of fused-ring (bicyclic) bond motifs is 1. The van der Waals surface area contributed by atoms with E-state index in [1.807, 2.05) is 13.0 Å². The number of aromatic nitrogens is 3. The lowest BCUT2D eigenvalue weighted by Gasteiger charge is -2.06. The average Bonchev–Trinajstić information content (AvgIpc) is 2.95. The highest BCUT2D eigenvalue weighted by Gasteiger charge is 2.29. The van der Waals surface area contributed by atoms with Gasteiger partial charge in [0.2, 0.25) is 9.84 Å². The van der Waals surface area contributed by atoms with Crippen LogP contribution in [-0.4, -0.2) is 35.8 Å². The Kier molecular flexibility index (Phi) is 4.62. The molecule has 2 N–H and O–H groups in total. The lowest BCUT2D eigenvalue weighted by molar-refractivity contribution is 0.594. The molecule has 0 bridgehead atoms. The summed E-state index contributed by atoms with van der Waals surface area (Å²) in [6.45, 7) is 2.29. The lowest BCUT2D eigenvalue weighted by atomic mass is 10.2. The minimum atomic E-state index is -3.71. The summed E-state index contributed by atoms with van der Waals surface area (Å²) < 4.78 is 27.9. The molecule has 0 aliphatic carbocycles. The highest BCUT2D eigenvalue weighted by Crippen LogP contribution is 2.32. The molecular weight excluding hydrogens is 344 g/mol. The maximum absolute atomic E-state index is 13.1. The van der Waals surface area contributed by atoms with E-state index in [1.54, 1.807) is 41.1 Å². The van der Waals surface area contributed by atoms with E-state index in [0.717, 1.165) is 11.4 Å². The van der Waals surface area contributed by atoms with Gasteiger partial charge in [-0.15, -0.1) is 11.8 Å². The molecule has 0 aliphatic rings. The quantitative estimate of drug-likeness (QED) is 0.699. The van der Waals surface area contributed by atoms with Gasteiger partial charge < -0.3 is 5.73 Å². The van der Waals surface area contributed by atoms with Crippen LogP contribution in [0, 0.1) is 6.92 Å². The molecule has 3 aromatic rings. The fourth-order valence-corrected chi connectivity index (χ4v) is 5.00. The third kappa shape index (κ3) is 2.81. The van der Waals surface area contributed by atoms with Crippen LogP contribution >= 0.6 is 11.8 Å².